The van der Waals surface area contributed by atoms with Gasteiger partial charge in [0.05, 0.1) is 11.5 Å². The number of rotatable bonds is 4. The van der Waals surface area contributed by atoms with E-state index in [1.807, 2.05) is 11.4 Å². The van der Waals surface area contributed by atoms with Crippen LogP contribution in [0, 0.1) is 0 Å². The van der Waals surface area contributed by atoms with Crippen LogP contribution in [0.2, 0.25) is 0 Å². The number of carbonyl (C=O) groups is 3. The number of hydrogen-bond donors (Lipinski definition) is 3. The number of fused-ring (bicyclic) bond motifs is 1. The first-order valence-corrected chi connectivity index (χ1v) is 9.16. The van der Waals surface area contributed by atoms with Crippen LogP contribution in [-0.4, -0.2) is 42.5 Å². The molecule has 0 radical (unpaired) electrons. The van der Waals surface area contributed by atoms with Gasteiger partial charge in [0, 0.05) is 24.5 Å². The van der Waals surface area contributed by atoms with Crippen LogP contribution in [0.1, 0.15) is 21.7 Å². The summed E-state index contributed by atoms with van der Waals surface area (Å²) in [5.41, 5.74) is 2.28. The van der Waals surface area contributed by atoms with Crippen LogP contribution in [0.5, 0.6) is 0 Å². The highest BCUT2D eigenvalue weighted by molar-refractivity contribution is 7.12. The lowest BCUT2D eigenvalue weighted by Crippen LogP contribution is -2.37. The van der Waals surface area contributed by atoms with E-state index in [-0.39, 0.29) is 19.1 Å². The molecule has 2 heterocycles. The topological polar surface area (TPSA) is 98.7 Å². The van der Waals surface area contributed by atoms with Crippen LogP contribution in [0.15, 0.2) is 35.7 Å². The number of thiophene rings is 1. The minimum Gasteiger partial charge on any atom is -0.395 e. The Bertz CT molecular complexity index is 820. The molecule has 3 rings (SSSR count). The Morgan fingerprint density at radius 1 is 1.19 bits per heavy atom. The smallest absolute Gasteiger partial charge is 0.313 e. The maximum atomic E-state index is 12.7. The first-order valence-electron chi connectivity index (χ1n) is 8.28. The molecule has 0 bridgehead atoms. The SMILES string of the molecule is O=C(NCCO)C(=O)Nc1ccc2c(c1)CCCN2C(=O)c1cccs1. The Morgan fingerprint density at radius 3 is 2.77 bits per heavy atom. The predicted molar refractivity (Wildman–Crippen MR) is 99.5 cm³/mol. The molecule has 1 aromatic heterocycles. The molecule has 0 atom stereocenters. The summed E-state index contributed by atoms with van der Waals surface area (Å²) in [6, 6.07) is 8.92. The Labute approximate surface area is 154 Å². The lowest BCUT2D eigenvalue weighted by molar-refractivity contribution is -0.136. The van der Waals surface area contributed by atoms with Crippen LogP contribution in [-0.2, 0) is 16.0 Å². The monoisotopic (exact) mass is 373 g/mol. The third-order valence-electron chi connectivity index (χ3n) is 4.04. The van der Waals surface area contributed by atoms with Crippen LogP contribution in [0.25, 0.3) is 0 Å². The zero-order valence-corrected chi connectivity index (χ0v) is 14.8. The van der Waals surface area contributed by atoms with E-state index in [9.17, 15) is 14.4 Å². The van der Waals surface area contributed by atoms with E-state index < -0.39 is 11.8 Å². The van der Waals surface area contributed by atoms with Gasteiger partial charge in [-0.3, -0.25) is 14.4 Å². The van der Waals surface area contributed by atoms with E-state index in [1.54, 1.807) is 29.2 Å². The Kier molecular flexibility index (Phi) is 5.65. The molecule has 0 aliphatic carbocycles. The van der Waals surface area contributed by atoms with Crippen LogP contribution in [0.3, 0.4) is 0 Å². The number of hydrogen-bond acceptors (Lipinski definition) is 5. The van der Waals surface area contributed by atoms with Gasteiger partial charge in [0.1, 0.15) is 0 Å². The third-order valence-corrected chi connectivity index (χ3v) is 4.89. The predicted octanol–water partition coefficient (Wildman–Crippen LogP) is 1.39. The van der Waals surface area contributed by atoms with Gasteiger partial charge >= 0.3 is 11.8 Å². The van der Waals surface area contributed by atoms with Crippen molar-refractivity contribution in [2.24, 2.45) is 0 Å². The minimum absolute atomic E-state index is 0.0240. The van der Waals surface area contributed by atoms with Gasteiger partial charge in [-0.05, 0) is 48.1 Å². The van der Waals surface area contributed by atoms with Crippen LogP contribution >= 0.6 is 11.3 Å². The first-order chi connectivity index (χ1) is 12.6. The van der Waals surface area contributed by atoms with Gasteiger partial charge in [-0.1, -0.05) is 6.07 Å². The molecule has 1 aliphatic rings. The molecule has 3 amide bonds. The van der Waals surface area contributed by atoms with Crippen molar-refractivity contribution in [2.45, 2.75) is 12.8 Å². The van der Waals surface area contributed by atoms with Crippen LogP contribution < -0.4 is 15.5 Å². The fourth-order valence-electron chi connectivity index (χ4n) is 2.86. The van der Waals surface area contributed by atoms with E-state index in [0.29, 0.717) is 17.1 Å². The lowest BCUT2D eigenvalue weighted by Gasteiger charge is -2.29. The minimum atomic E-state index is -0.800. The lowest BCUT2D eigenvalue weighted by atomic mass is 10.0. The van der Waals surface area contributed by atoms with Crippen molar-refractivity contribution < 1.29 is 19.5 Å². The molecule has 0 fully saturated rings. The summed E-state index contributed by atoms with van der Waals surface area (Å²) in [4.78, 5) is 38.5. The summed E-state index contributed by atoms with van der Waals surface area (Å²) < 4.78 is 0. The summed E-state index contributed by atoms with van der Waals surface area (Å²) in [5.74, 6) is -1.62. The van der Waals surface area contributed by atoms with Gasteiger partial charge in [0.2, 0.25) is 0 Å². The second kappa shape index (κ2) is 8.11. The number of amides is 3. The fraction of sp³-hybridized carbons (Fsp3) is 0.278. The maximum absolute atomic E-state index is 12.7. The Morgan fingerprint density at radius 2 is 2.04 bits per heavy atom. The number of anilines is 2. The second-order valence-electron chi connectivity index (χ2n) is 5.81. The van der Waals surface area contributed by atoms with E-state index in [4.69, 9.17) is 5.11 Å². The summed E-state index contributed by atoms with van der Waals surface area (Å²) in [6.45, 7) is 0.446. The summed E-state index contributed by atoms with van der Waals surface area (Å²) >= 11 is 1.41. The zero-order valence-electron chi connectivity index (χ0n) is 14.0. The number of aliphatic hydroxyl groups is 1. The Balaban J connectivity index is 1.75. The third kappa shape index (κ3) is 3.92. The average Bonchev–Trinajstić information content (AvgIpc) is 3.19. The number of nitrogens with one attached hydrogen (secondary N) is 2. The highest BCUT2D eigenvalue weighted by atomic mass is 32.1. The standard InChI is InChI=1S/C18H19N3O4S/c22-9-7-19-16(23)17(24)20-13-5-6-14-12(11-13)3-1-8-21(14)18(25)15-4-2-10-26-15/h2,4-6,10-11,22H,1,3,7-9H2,(H,19,23)(H,20,24). The molecule has 1 aromatic carbocycles. The molecule has 26 heavy (non-hydrogen) atoms. The molecule has 0 unspecified atom stereocenters. The van der Waals surface area contributed by atoms with E-state index in [2.05, 4.69) is 10.6 Å². The molecule has 0 saturated heterocycles. The highest BCUT2D eigenvalue weighted by Gasteiger charge is 2.24. The van der Waals surface area contributed by atoms with Crippen molar-refractivity contribution in [3.05, 3.63) is 46.2 Å². The molecular weight excluding hydrogens is 354 g/mol. The summed E-state index contributed by atoms with van der Waals surface area (Å²) in [7, 11) is 0. The molecule has 1 aliphatic heterocycles. The van der Waals surface area contributed by atoms with Gasteiger partial charge in [0.15, 0.2) is 0 Å². The summed E-state index contributed by atoms with van der Waals surface area (Å²) in [5, 5.41) is 15.4. The van der Waals surface area contributed by atoms with Gasteiger partial charge in [0.25, 0.3) is 5.91 Å². The largest absolute Gasteiger partial charge is 0.395 e. The molecule has 7 nitrogen and oxygen atoms in total. The molecule has 3 N–H and O–H groups in total. The molecular formula is C18H19N3O4S. The van der Waals surface area contributed by atoms with Crippen molar-refractivity contribution in [1.82, 2.24) is 5.32 Å². The normalized spacial score (nSPS) is 13.0. The zero-order chi connectivity index (χ0) is 18.5. The molecule has 136 valence electrons. The molecule has 2 aromatic rings. The fourth-order valence-corrected chi connectivity index (χ4v) is 3.53. The number of aliphatic hydroxyl groups excluding tert-OH is 1. The quantitative estimate of drug-likeness (QED) is 0.705. The van der Waals surface area contributed by atoms with E-state index in [0.717, 1.165) is 24.1 Å². The van der Waals surface area contributed by atoms with Gasteiger partial charge < -0.3 is 20.6 Å². The maximum Gasteiger partial charge on any atom is 0.313 e. The number of benzene rings is 1. The van der Waals surface area contributed by atoms with Gasteiger partial charge in [-0.2, -0.15) is 0 Å². The second-order valence-corrected chi connectivity index (χ2v) is 6.76. The highest BCUT2D eigenvalue weighted by Crippen LogP contribution is 2.31. The summed E-state index contributed by atoms with van der Waals surface area (Å²) in [6.07, 6.45) is 1.63. The number of aryl methyl sites for hydroxylation is 1. The van der Waals surface area contributed by atoms with Gasteiger partial charge in [-0.15, -0.1) is 11.3 Å². The van der Waals surface area contributed by atoms with Gasteiger partial charge in [-0.25, -0.2) is 0 Å². The average molecular weight is 373 g/mol. The van der Waals surface area contributed by atoms with Crippen molar-refractivity contribution in [1.29, 1.82) is 0 Å². The van der Waals surface area contributed by atoms with Crippen molar-refractivity contribution in [3.8, 4) is 0 Å². The van der Waals surface area contributed by atoms with Crippen molar-refractivity contribution in [3.63, 3.8) is 0 Å². The Hall–Kier alpha value is -2.71. The molecule has 8 heteroatoms. The van der Waals surface area contributed by atoms with Crippen molar-refractivity contribution >= 4 is 40.4 Å². The molecule has 0 saturated carbocycles. The van der Waals surface area contributed by atoms with E-state index in [1.165, 1.54) is 11.3 Å². The van der Waals surface area contributed by atoms with Crippen molar-refractivity contribution in [2.75, 3.05) is 29.9 Å². The van der Waals surface area contributed by atoms with E-state index >= 15 is 0 Å². The molecule has 0 spiro atoms. The van der Waals surface area contributed by atoms with Crippen LogP contribution in [0.4, 0.5) is 11.4 Å². The number of nitrogens with zero attached hydrogens (tertiary/aromatic N) is 1. The first kappa shape index (κ1) is 18.1. The number of carbonyl (C=O) groups excluding carboxylic acids is 3.